The van der Waals surface area contributed by atoms with Gasteiger partial charge in [-0.1, -0.05) is 0 Å². The van der Waals surface area contributed by atoms with Crippen LogP contribution in [0.25, 0.3) is 11.0 Å². The predicted molar refractivity (Wildman–Crippen MR) is 97.9 cm³/mol. The lowest BCUT2D eigenvalue weighted by Gasteiger charge is -2.26. The van der Waals surface area contributed by atoms with Gasteiger partial charge in [-0.2, -0.15) is 0 Å². The van der Waals surface area contributed by atoms with Crippen molar-refractivity contribution in [2.75, 3.05) is 11.4 Å². The smallest absolute Gasteiger partial charge is 0.341 e. The van der Waals surface area contributed by atoms with Crippen LogP contribution < -0.4 is 16.1 Å². The van der Waals surface area contributed by atoms with E-state index >= 15 is 0 Å². The Morgan fingerprint density at radius 1 is 1.27 bits per heavy atom. The molecule has 5 rings (SSSR count). The molecule has 0 amide bonds. The summed E-state index contributed by atoms with van der Waals surface area (Å²) in [4.78, 5) is 31.1. The molecule has 2 fully saturated rings. The Labute approximate surface area is 150 Å². The number of anilines is 1. The van der Waals surface area contributed by atoms with Crippen molar-refractivity contribution in [1.82, 2.24) is 9.55 Å². The average Bonchev–Trinajstić information content (AvgIpc) is 3.40. The minimum atomic E-state index is -1.19. The van der Waals surface area contributed by atoms with Crippen LogP contribution in [-0.2, 0) is 6.42 Å². The van der Waals surface area contributed by atoms with Gasteiger partial charge in [0.2, 0.25) is 5.43 Å². The third kappa shape index (κ3) is 2.26. The van der Waals surface area contributed by atoms with Crippen LogP contribution in [0, 0.1) is 0 Å². The first-order valence-electron chi connectivity index (χ1n) is 9.37. The second-order valence-electron chi connectivity index (χ2n) is 7.83. The minimum Gasteiger partial charge on any atom is -0.477 e. The number of hydrogen-bond acceptors (Lipinski definition) is 5. The number of pyridine rings is 2. The molecular weight excluding hydrogens is 332 g/mol. The number of aromatic carboxylic acids is 1. The molecule has 4 heterocycles. The maximum absolute atomic E-state index is 12.7. The lowest BCUT2D eigenvalue weighted by atomic mass is 10.0. The van der Waals surface area contributed by atoms with E-state index in [4.69, 9.17) is 5.73 Å². The van der Waals surface area contributed by atoms with Gasteiger partial charge in [-0.3, -0.25) is 4.79 Å². The first kappa shape index (κ1) is 15.8. The van der Waals surface area contributed by atoms with Gasteiger partial charge in [0.25, 0.3) is 0 Å². The molecule has 2 aromatic heterocycles. The highest BCUT2D eigenvalue weighted by Crippen LogP contribution is 2.41. The number of nitrogens with two attached hydrogens (primary N) is 1. The molecule has 2 atom stereocenters. The largest absolute Gasteiger partial charge is 0.477 e. The first-order valence-corrected chi connectivity index (χ1v) is 9.37. The molecule has 7 heteroatoms. The second kappa shape index (κ2) is 5.54. The van der Waals surface area contributed by atoms with E-state index in [0.717, 1.165) is 61.8 Å². The Hall–Kier alpha value is -2.41. The van der Waals surface area contributed by atoms with Crippen LogP contribution in [-0.4, -0.2) is 39.3 Å². The normalized spacial score (nSPS) is 25.0. The number of fused-ring (bicyclic) bond motifs is 5. The van der Waals surface area contributed by atoms with Crippen molar-refractivity contribution in [3.05, 3.63) is 33.7 Å². The van der Waals surface area contributed by atoms with Crippen LogP contribution in [0.3, 0.4) is 0 Å². The number of aromatic nitrogens is 2. The van der Waals surface area contributed by atoms with Crippen molar-refractivity contribution >= 4 is 22.7 Å². The topological polar surface area (TPSA) is 101 Å². The highest BCUT2D eigenvalue weighted by Gasteiger charge is 2.35. The van der Waals surface area contributed by atoms with Gasteiger partial charge in [0, 0.05) is 36.4 Å². The van der Waals surface area contributed by atoms with Crippen LogP contribution in [0.2, 0.25) is 0 Å². The molecule has 0 unspecified atom stereocenters. The van der Waals surface area contributed by atoms with Crippen LogP contribution >= 0.6 is 0 Å². The number of carboxylic acid groups (broad SMARTS) is 1. The van der Waals surface area contributed by atoms with Crippen LogP contribution in [0.15, 0.2) is 17.2 Å². The highest BCUT2D eigenvalue weighted by atomic mass is 16.4. The molecule has 136 valence electrons. The van der Waals surface area contributed by atoms with E-state index in [-0.39, 0.29) is 23.2 Å². The molecule has 3 aliphatic rings. The standard InChI is InChI=1S/C19H22N4O3/c20-10-6-12-2-1-3-13-15(22(12)8-10)7-21-16-17(13)23(11-4-5-11)9-14(18(16)24)19(25)26/h7,9-12H,1-6,8,20H2,(H,25,26)/t10-,12+/m0/s1. The Morgan fingerprint density at radius 3 is 2.81 bits per heavy atom. The zero-order valence-corrected chi connectivity index (χ0v) is 14.5. The molecule has 1 saturated heterocycles. The summed E-state index contributed by atoms with van der Waals surface area (Å²) in [5, 5.41) is 9.42. The van der Waals surface area contributed by atoms with Gasteiger partial charge in [-0.15, -0.1) is 0 Å². The zero-order chi connectivity index (χ0) is 18.0. The minimum absolute atomic E-state index is 0.168. The van der Waals surface area contributed by atoms with Gasteiger partial charge in [-0.05, 0) is 38.5 Å². The number of nitrogens with zero attached hydrogens (tertiary/aromatic N) is 3. The number of hydrogen-bond donors (Lipinski definition) is 2. The molecule has 2 aliphatic heterocycles. The summed E-state index contributed by atoms with van der Waals surface area (Å²) in [5.74, 6) is -1.19. The summed E-state index contributed by atoms with van der Waals surface area (Å²) in [5.41, 5.74) is 8.86. The van der Waals surface area contributed by atoms with Crippen molar-refractivity contribution in [1.29, 1.82) is 0 Å². The summed E-state index contributed by atoms with van der Waals surface area (Å²) in [7, 11) is 0. The lowest BCUT2D eigenvalue weighted by molar-refractivity contribution is 0.0695. The molecule has 2 aromatic rings. The van der Waals surface area contributed by atoms with E-state index in [9.17, 15) is 14.7 Å². The fraction of sp³-hybridized carbons (Fsp3) is 0.526. The fourth-order valence-corrected chi connectivity index (χ4v) is 4.69. The van der Waals surface area contributed by atoms with E-state index in [1.807, 2.05) is 4.57 Å². The van der Waals surface area contributed by atoms with Gasteiger partial charge in [0.1, 0.15) is 11.1 Å². The van der Waals surface area contributed by atoms with Crippen LogP contribution in [0.4, 0.5) is 5.69 Å². The fourth-order valence-electron chi connectivity index (χ4n) is 4.69. The predicted octanol–water partition coefficient (Wildman–Crippen LogP) is 1.67. The van der Waals surface area contributed by atoms with Gasteiger partial charge < -0.3 is 20.3 Å². The van der Waals surface area contributed by atoms with Crippen molar-refractivity contribution < 1.29 is 9.90 Å². The lowest BCUT2D eigenvalue weighted by Crippen LogP contribution is -2.31. The molecule has 3 N–H and O–H groups in total. The van der Waals surface area contributed by atoms with Crippen LogP contribution in [0.5, 0.6) is 0 Å². The Balaban J connectivity index is 1.81. The second-order valence-corrected chi connectivity index (χ2v) is 7.83. The van der Waals surface area contributed by atoms with E-state index in [2.05, 4.69) is 9.88 Å². The monoisotopic (exact) mass is 354 g/mol. The quantitative estimate of drug-likeness (QED) is 0.851. The Bertz CT molecular complexity index is 979. The first-order chi connectivity index (χ1) is 12.5. The van der Waals surface area contributed by atoms with Crippen molar-refractivity contribution in [2.45, 2.75) is 56.7 Å². The molecule has 26 heavy (non-hydrogen) atoms. The molecule has 0 aromatic carbocycles. The molecule has 0 radical (unpaired) electrons. The summed E-state index contributed by atoms with van der Waals surface area (Å²) in [6.07, 6.45) is 9.32. The summed E-state index contributed by atoms with van der Waals surface area (Å²) >= 11 is 0. The van der Waals surface area contributed by atoms with Crippen LogP contribution in [0.1, 0.15) is 54.1 Å². The SMILES string of the molecule is N[C@H]1C[C@H]2CCCc3c(cnc4c(=O)c(C(=O)O)cn(C5CC5)c34)N2C1. The van der Waals surface area contributed by atoms with E-state index in [1.54, 1.807) is 6.20 Å². The molecule has 1 aliphatic carbocycles. The number of rotatable bonds is 2. The Kier molecular flexibility index (Phi) is 3.37. The van der Waals surface area contributed by atoms with Gasteiger partial charge >= 0.3 is 5.97 Å². The van der Waals surface area contributed by atoms with E-state index in [1.165, 1.54) is 6.20 Å². The summed E-state index contributed by atoms with van der Waals surface area (Å²) < 4.78 is 2.00. The third-order valence-corrected chi connectivity index (χ3v) is 6.01. The molecule has 0 spiro atoms. The molecule has 7 nitrogen and oxygen atoms in total. The maximum Gasteiger partial charge on any atom is 0.341 e. The van der Waals surface area contributed by atoms with Crippen molar-refractivity contribution in [3.8, 4) is 0 Å². The molecule has 1 saturated carbocycles. The average molecular weight is 354 g/mol. The number of aryl methyl sites for hydroxylation is 1. The number of carbonyl (C=O) groups is 1. The molecular formula is C19H22N4O3. The molecule has 0 bridgehead atoms. The Morgan fingerprint density at radius 2 is 2.08 bits per heavy atom. The van der Waals surface area contributed by atoms with Gasteiger partial charge in [0.05, 0.1) is 17.4 Å². The number of carboxylic acids is 1. The van der Waals surface area contributed by atoms with Crippen molar-refractivity contribution in [2.24, 2.45) is 5.73 Å². The highest BCUT2D eigenvalue weighted by molar-refractivity contribution is 5.93. The van der Waals surface area contributed by atoms with E-state index < -0.39 is 11.4 Å². The zero-order valence-electron chi connectivity index (χ0n) is 14.5. The summed E-state index contributed by atoms with van der Waals surface area (Å²) in [6.45, 7) is 0.811. The third-order valence-electron chi connectivity index (χ3n) is 6.01. The summed E-state index contributed by atoms with van der Waals surface area (Å²) in [6, 6.07) is 0.871. The van der Waals surface area contributed by atoms with Crippen molar-refractivity contribution in [3.63, 3.8) is 0 Å². The maximum atomic E-state index is 12.7. The van der Waals surface area contributed by atoms with E-state index in [0.29, 0.717) is 6.04 Å². The van der Waals surface area contributed by atoms with Gasteiger partial charge in [-0.25, -0.2) is 9.78 Å². The van der Waals surface area contributed by atoms with Gasteiger partial charge in [0.15, 0.2) is 0 Å².